The van der Waals surface area contributed by atoms with Crippen LogP contribution in [0.5, 0.6) is 5.75 Å². The second-order valence-electron chi connectivity index (χ2n) is 13.4. The molecule has 1 aromatic carbocycles. The Labute approximate surface area is 333 Å². The SMILES string of the molecule is Nc1ccc(CCOc2cc(CN(Cc3cccc(C=O)n3)Cc3cccc(C(=O)O)n3)nc(CN(Cc3cccc(C=O)n3)Cc3cccc(C(=O)O)n3)c2)cc1. The molecular weight excluding hydrogens is 741 g/mol. The molecule has 5 aromatic heterocycles. The number of pyridine rings is 5. The number of aromatic nitrogens is 5. The van der Waals surface area contributed by atoms with E-state index in [1.54, 1.807) is 60.7 Å². The number of aldehydes is 2. The number of carbonyl (C=O) groups excluding carboxylic acids is 2. The fraction of sp³-hybridized carbons (Fsp3) is 0.186. The number of ether oxygens (including phenoxy) is 1. The maximum atomic E-state index is 11.8. The quantitative estimate of drug-likeness (QED) is 0.0663. The van der Waals surface area contributed by atoms with E-state index in [1.807, 2.05) is 46.2 Å². The smallest absolute Gasteiger partial charge is 0.354 e. The Kier molecular flexibility index (Phi) is 13.6. The van der Waals surface area contributed by atoms with E-state index in [2.05, 4.69) is 19.9 Å². The summed E-state index contributed by atoms with van der Waals surface area (Å²) in [5.74, 6) is -1.74. The van der Waals surface area contributed by atoms with Gasteiger partial charge in [-0.05, 0) is 66.2 Å². The zero-order valence-electron chi connectivity index (χ0n) is 31.3. The Morgan fingerprint density at radius 3 is 1.40 bits per heavy atom. The molecule has 0 fully saturated rings. The number of nitrogens with two attached hydrogens (primary N) is 1. The van der Waals surface area contributed by atoms with Crippen LogP contribution in [0.15, 0.2) is 109 Å². The molecule has 0 bridgehead atoms. The number of anilines is 1. The van der Waals surface area contributed by atoms with Crippen LogP contribution >= 0.6 is 0 Å². The molecule has 15 heteroatoms. The summed E-state index contributed by atoms with van der Waals surface area (Å²) < 4.78 is 6.34. The Balaban J connectivity index is 1.34. The summed E-state index contributed by atoms with van der Waals surface area (Å²) >= 11 is 0. The zero-order chi connectivity index (χ0) is 40.9. The van der Waals surface area contributed by atoms with Crippen LogP contribution in [0.2, 0.25) is 0 Å². The molecule has 5 heterocycles. The van der Waals surface area contributed by atoms with Crippen LogP contribution in [-0.2, 0) is 45.7 Å². The van der Waals surface area contributed by atoms with Crippen molar-refractivity contribution in [3.8, 4) is 5.75 Å². The molecular formula is C43H40N8O7. The van der Waals surface area contributed by atoms with Crippen LogP contribution in [0.3, 0.4) is 0 Å². The number of benzene rings is 1. The average molecular weight is 781 g/mol. The summed E-state index contributed by atoms with van der Waals surface area (Å²) in [6.45, 7) is 1.85. The lowest BCUT2D eigenvalue weighted by molar-refractivity contribution is 0.0679. The van der Waals surface area contributed by atoms with Gasteiger partial charge in [0, 0.05) is 63.5 Å². The molecule has 0 saturated heterocycles. The number of hydrogen-bond acceptors (Lipinski definition) is 13. The molecule has 0 radical (unpaired) electrons. The third-order valence-corrected chi connectivity index (χ3v) is 8.81. The van der Waals surface area contributed by atoms with Gasteiger partial charge < -0.3 is 20.7 Å². The van der Waals surface area contributed by atoms with E-state index in [1.165, 1.54) is 12.1 Å². The molecule has 0 aliphatic rings. The van der Waals surface area contributed by atoms with Gasteiger partial charge in [-0.25, -0.2) is 29.5 Å². The maximum Gasteiger partial charge on any atom is 0.354 e. The van der Waals surface area contributed by atoms with Crippen molar-refractivity contribution in [2.24, 2.45) is 0 Å². The Morgan fingerprint density at radius 1 is 0.552 bits per heavy atom. The molecule has 15 nitrogen and oxygen atoms in total. The molecule has 4 N–H and O–H groups in total. The van der Waals surface area contributed by atoms with E-state index < -0.39 is 11.9 Å². The van der Waals surface area contributed by atoms with Crippen LogP contribution in [-0.4, -0.2) is 76.1 Å². The van der Waals surface area contributed by atoms with E-state index in [4.69, 9.17) is 15.5 Å². The molecule has 6 rings (SSSR count). The highest BCUT2D eigenvalue weighted by atomic mass is 16.5. The number of rotatable bonds is 20. The molecule has 58 heavy (non-hydrogen) atoms. The lowest BCUT2D eigenvalue weighted by Crippen LogP contribution is -2.26. The second kappa shape index (κ2) is 19.6. The van der Waals surface area contributed by atoms with Crippen molar-refractivity contribution in [2.75, 3.05) is 12.3 Å². The van der Waals surface area contributed by atoms with Gasteiger partial charge in [-0.1, -0.05) is 36.4 Å². The average Bonchev–Trinajstić information content (AvgIpc) is 3.22. The lowest BCUT2D eigenvalue weighted by atomic mass is 10.1. The highest BCUT2D eigenvalue weighted by molar-refractivity contribution is 5.85. The van der Waals surface area contributed by atoms with Gasteiger partial charge in [0.25, 0.3) is 0 Å². The summed E-state index contributed by atoms with van der Waals surface area (Å²) in [5.41, 5.74) is 11.4. The first kappa shape index (κ1) is 40.4. The minimum absolute atomic E-state index is 0.0907. The van der Waals surface area contributed by atoms with E-state index in [0.29, 0.717) is 71.2 Å². The van der Waals surface area contributed by atoms with Crippen molar-refractivity contribution in [2.45, 2.75) is 45.7 Å². The molecule has 0 saturated carbocycles. The summed E-state index contributed by atoms with van der Waals surface area (Å²) in [4.78, 5) is 73.3. The Morgan fingerprint density at radius 2 is 0.966 bits per heavy atom. The van der Waals surface area contributed by atoms with Gasteiger partial charge in [0.2, 0.25) is 0 Å². The van der Waals surface area contributed by atoms with Crippen LogP contribution in [0.4, 0.5) is 5.69 Å². The van der Waals surface area contributed by atoms with Gasteiger partial charge in [0.05, 0.1) is 40.8 Å². The summed E-state index contributed by atoms with van der Waals surface area (Å²) in [6, 6.07) is 31.2. The number of carboxylic acids is 2. The number of nitrogens with zero attached hydrogens (tertiary/aromatic N) is 7. The van der Waals surface area contributed by atoms with Crippen LogP contribution in [0.25, 0.3) is 0 Å². The van der Waals surface area contributed by atoms with Gasteiger partial charge in [0.1, 0.15) is 28.5 Å². The number of aromatic carboxylic acids is 2. The Bertz CT molecular complexity index is 2260. The van der Waals surface area contributed by atoms with Crippen LogP contribution in [0, 0.1) is 0 Å². The first-order valence-corrected chi connectivity index (χ1v) is 18.2. The molecule has 0 atom stereocenters. The van der Waals surface area contributed by atoms with Crippen molar-refractivity contribution in [3.63, 3.8) is 0 Å². The van der Waals surface area contributed by atoms with Crippen molar-refractivity contribution in [1.82, 2.24) is 34.7 Å². The van der Waals surface area contributed by atoms with Crippen molar-refractivity contribution in [3.05, 3.63) is 172 Å². The van der Waals surface area contributed by atoms with Crippen molar-refractivity contribution in [1.29, 1.82) is 0 Å². The van der Waals surface area contributed by atoms with E-state index in [9.17, 15) is 29.4 Å². The minimum Gasteiger partial charge on any atom is -0.493 e. The summed E-state index contributed by atoms with van der Waals surface area (Å²) in [7, 11) is 0. The minimum atomic E-state index is -1.15. The molecule has 0 amide bonds. The fourth-order valence-corrected chi connectivity index (χ4v) is 6.22. The monoisotopic (exact) mass is 780 g/mol. The van der Waals surface area contributed by atoms with Gasteiger partial charge in [-0.2, -0.15) is 0 Å². The van der Waals surface area contributed by atoms with Gasteiger partial charge in [-0.3, -0.25) is 24.4 Å². The molecule has 0 aliphatic heterocycles. The van der Waals surface area contributed by atoms with Crippen LogP contribution in [0.1, 0.15) is 81.7 Å². The first-order valence-electron chi connectivity index (χ1n) is 18.2. The first-order chi connectivity index (χ1) is 28.1. The zero-order valence-corrected chi connectivity index (χ0v) is 31.3. The third kappa shape index (κ3) is 11.9. The van der Waals surface area contributed by atoms with Gasteiger partial charge in [0.15, 0.2) is 12.6 Å². The largest absolute Gasteiger partial charge is 0.493 e. The molecule has 0 unspecified atom stereocenters. The van der Waals surface area contributed by atoms with Crippen molar-refractivity contribution >= 4 is 30.2 Å². The number of hydrogen-bond donors (Lipinski definition) is 3. The summed E-state index contributed by atoms with van der Waals surface area (Å²) in [6.07, 6.45) is 1.96. The molecule has 6 aromatic rings. The predicted octanol–water partition coefficient (Wildman–Crippen LogP) is 5.29. The van der Waals surface area contributed by atoms with Gasteiger partial charge >= 0.3 is 11.9 Å². The molecule has 0 spiro atoms. The second-order valence-corrected chi connectivity index (χ2v) is 13.4. The normalized spacial score (nSPS) is 11.1. The fourth-order valence-electron chi connectivity index (χ4n) is 6.22. The highest BCUT2D eigenvalue weighted by Gasteiger charge is 2.18. The van der Waals surface area contributed by atoms with E-state index >= 15 is 0 Å². The topological polar surface area (TPSA) is 215 Å². The maximum absolute atomic E-state index is 11.8. The van der Waals surface area contributed by atoms with E-state index in [0.717, 1.165) is 5.56 Å². The van der Waals surface area contributed by atoms with Crippen LogP contribution < -0.4 is 10.5 Å². The highest BCUT2D eigenvalue weighted by Crippen LogP contribution is 2.22. The standard InChI is InChI=1S/C43H40N8O7/c44-30-15-13-29(14-16-30)17-18-58-39-19-37(25-50(21-31-5-1-9-35(27-52)45-31)23-33-7-3-11-40(48-33)42(54)55)47-38(20-39)26-51(22-32-6-2-10-36(28-53)46-32)24-34-8-4-12-41(49-34)43(56)57/h1-16,19-20,27-28H,17-18,21-26,44H2,(H,54,55)(H,56,57). The number of carbonyl (C=O) groups is 4. The van der Waals surface area contributed by atoms with Crippen molar-refractivity contribution < 1.29 is 34.1 Å². The number of nitrogen functional groups attached to an aromatic ring is 1. The van der Waals surface area contributed by atoms with Gasteiger partial charge in [-0.15, -0.1) is 0 Å². The molecule has 294 valence electrons. The predicted molar refractivity (Wildman–Crippen MR) is 212 cm³/mol. The summed E-state index contributed by atoms with van der Waals surface area (Å²) in [5, 5.41) is 19.2. The Hall–Kier alpha value is -7.23. The third-order valence-electron chi connectivity index (χ3n) is 8.81. The lowest BCUT2D eigenvalue weighted by Gasteiger charge is -2.24. The molecule has 0 aliphatic carbocycles. The number of carboxylic acid groups (broad SMARTS) is 2. The van der Waals surface area contributed by atoms with E-state index in [-0.39, 0.29) is 62.0 Å².